The lowest BCUT2D eigenvalue weighted by Crippen LogP contribution is -2.53. The summed E-state index contributed by atoms with van der Waals surface area (Å²) in [5.41, 5.74) is -0.0326. The van der Waals surface area contributed by atoms with Crippen molar-refractivity contribution in [3.8, 4) is 0 Å². The molecule has 3 atom stereocenters. The lowest BCUT2D eigenvalue weighted by Gasteiger charge is -2.47. The van der Waals surface area contributed by atoms with Crippen molar-refractivity contribution in [3.63, 3.8) is 0 Å². The first-order valence-corrected chi connectivity index (χ1v) is 7.56. The van der Waals surface area contributed by atoms with Crippen molar-refractivity contribution in [2.45, 2.75) is 36.9 Å². The summed E-state index contributed by atoms with van der Waals surface area (Å²) in [7, 11) is 3.26. The van der Waals surface area contributed by atoms with Crippen LogP contribution < -0.4 is 0 Å². The fourth-order valence-electron chi connectivity index (χ4n) is 3.62. The van der Waals surface area contributed by atoms with Gasteiger partial charge in [0.1, 0.15) is 0 Å². The summed E-state index contributed by atoms with van der Waals surface area (Å²) in [5.74, 6) is -0.463. The second kappa shape index (κ2) is 7.36. The van der Waals surface area contributed by atoms with Gasteiger partial charge in [-0.15, -0.1) is 0 Å². The zero-order chi connectivity index (χ0) is 15.3. The molecule has 4 heteroatoms. The zero-order valence-electron chi connectivity index (χ0n) is 12.9. The minimum absolute atomic E-state index is 0.160. The number of methoxy groups -OCH3 is 2. The van der Waals surface area contributed by atoms with E-state index < -0.39 is 11.7 Å². The molecule has 118 valence electrons. The van der Waals surface area contributed by atoms with Gasteiger partial charge in [-0.25, -0.2) is 0 Å². The first kappa shape index (κ1) is 16.4. The van der Waals surface area contributed by atoms with Gasteiger partial charge in [0.25, 0.3) is 0 Å². The van der Waals surface area contributed by atoms with Crippen molar-refractivity contribution in [3.05, 3.63) is 35.9 Å². The molecule has 0 radical (unpaired) electrons. The fraction of sp³-hybridized carbons (Fsp3) is 0.647. The SMILES string of the molecule is COCC(COC)C1(O)CCCC(O)C1c1ccccc1. The van der Waals surface area contributed by atoms with Gasteiger partial charge in [0.05, 0.1) is 24.9 Å². The number of aliphatic hydroxyl groups excluding tert-OH is 1. The largest absolute Gasteiger partial charge is 0.392 e. The number of rotatable bonds is 6. The average Bonchev–Trinajstić information content (AvgIpc) is 2.48. The Hall–Kier alpha value is -0.940. The van der Waals surface area contributed by atoms with Gasteiger partial charge < -0.3 is 19.7 Å². The molecule has 1 aliphatic rings. The second-order valence-corrected chi connectivity index (χ2v) is 5.95. The predicted molar refractivity (Wildman–Crippen MR) is 81.2 cm³/mol. The van der Waals surface area contributed by atoms with Crippen molar-refractivity contribution in [2.75, 3.05) is 27.4 Å². The van der Waals surface area contributed by atoms with Gasteiger partial charge >= 0.3 is 0 Å². The molecule has 4 nitrogen and oxygen atoms in total. The summed E-state index contributed by atoms with van der Waals surface area (Å²) in [5, 5.41) is 21.9. The van der Waals surface area contributed by atoms with Crippen LogP contribution >= 0.6 is 0 Å². The van der Waals surface area contributed by atoms with Gasteiger partial charge in [0, 0.05) is 26.1 Å². The summed E-state index contributed by atoms with van der Waals surface area (Å²) in [4.78, 5) is 0. The molecular formula is C17H26O4. The monoisotopic (exact) mass is 294 g/mol. The van der Waals surface area contributed by atoms with Crippen LogP contribution in [0.15, 0.2) is 30.3 Å². The molecule has 0 spiro atoms. The minimum atomic E-state index is -1.01. The van der Waals surface area contributed by atoms with E-state index in [-0.39, 0.29) is 11.8 Å². The minimum Gasteiger partial charge on any atom is -0.392 e. The van der Waals surface area contributed by atoms with Crippen LogP contribution in [-0.2, 0) is 9.47 Å². The highest BCUT2D eigenvalue weighted by molar-refractivity contribution is 5.26. The van der Waals surface area contributed by atoms with Crippen LogP contribution in [0.1, 0.15) is 30.7 Å². The van der Waals surface area contributed by atoms with Crippen LogP contribution in [0.2, 0.25) is 0 Å². The van der Waals surface area contributed by atoms with E-state index in [0.717, 1.165) is 12.0 Å². The Morgan fingerprint density at radius 1 is 1.19 bits per heavy atom. The number of ether oxygens (including phenoxy) is 2. The van der Waals surface area contributed by atoms with E-state index in [4.69, 9.17) is 9.47 Å². The smallest absolute Gasteiger partial charge is 0.0812 e. The van der Waals surface area contributed by atoms with Crippen LogP contribution in [0, 0.1) is 5.92 Å². The van der Waals surface area contributed by atoms with E-state index in [0.29, 0.717) is 26.1 Å². The highest BCUT2D eigenvalue weighted by Gasteiger charge is 2.49. The molecule has 3 unspecified atom stereocenters. The van der Waals surface area contributed by atoms with Gasteiger partial charge in [0.15, 0.2) is 0 Å². The zero-order valence-corrected chi connectivity index (χ0v) is 12.9. The Balaban J connectivity index is 2.35. The predicted octanol–water partition coefficient (Wildman–Crippen LogP) is 1.96. The molecule has 1 saturated carbocycles. The van der Waals surface area contributed by atoms with E-state index in [1.54, 1.807) is 14.2 Å². The maximum absolute atomic E-state index is 11.4. The molecule has 1 fully saturated rings. The molecule has 2 rings (SSSR count). The lowest BCUT2D eigenvalue weighted by molar-refractivity contribution is -0.135. The topological polar surface area (TPSA) is 58.9 Å². The van der Waals surface area contributed by atoms with Crippen molar-refractivity contribution in [1.29, 1.82) is 0 Å². The van der Waals surface area contributed by atoms with Gasteiger partial charge in [-0.3, -0.25) is 0 Å². The molecule has 0 aromatic heterocycles. The molecule has 1 aromatic carbocycles. The van der Waals surface area contributed by atoms with Gasteiger partial charge in [0.2, 0.25) is 0 Å². The van der Waals surface area contributed by atoms with Crippen molar-refractivity contribution in [1.82, 2.24) is 0 Å². The van der Waals surface area contributed by atoms with E-state index in [1.165, 1.54) is 0 Å². The number of hydrogen-bond donors (Lipinski definition) is 2. The summed E-state index contributed by atoms with van der Waals surface area (Å²) in [6.07, 6.45) is 1.64. The van der Waals surface area contributed by atoms with Crippen LogP contribution in [0.5, 0.6) is 0 Å². The van der Waals surface area contributed by atoms with Gasteiger partial charge in [-0.2, -0.15) is 0 Å². The van der Waals surface area contributed by atoms with Crippen molar-refractivity contribution < 1.29 is 19.7 Å². The second-order valence-electron chi connectivity index (χ2n) is 5.95. The number of hydrogen-bond acceptors (Lipinski definition) is 4. The third kappa shape index (κ3) is 3.46. The Morgan fingerprint density at radius 2 is 1.81 bits per heavy atom. The highest BCUT2D eigenvalue weighted by atomic mass is 16.5. The maximum atomic E-state index is 11.4. The molecule has 0 saturated heterocycles. The molecular weight excluding hydrogens is 268 g/mol. The van der Waals surface area contributed by atoms with Gasteiger partial charge in [-0.1, -0.05) is 30.3 Å². The maximum Gasteiger partial charge on any atom is 0.0812 e. The van der Waals surface area contributed by atoms with Crippen molar-refractivity contribution >= 4 is 0 Å². The molecule has 1 aliphatic carbocycles. The number of aliphatic hydroxyl groups is 2. The molecule has 0 amide bonds. The van der Waals surface area contributed by atoms with Crippen LogP contribution in [-0.4, -0.2) is 49.4 Å². The Labute approximate surface area is 126 Å². The Kier molecular flexibility index (Phi) is 5.76. The standard InChI is InChI=1S/C17H26O4/c1-20-11-14(12-21-2)17(19)10-6-9-15(18)16(17)13-7-4-3-5-8-13/h3-5,7-8,14-16,18-19H,6,9-12H2,1-2H3. The fourth-order valence-corrected chi connectivity index (χ4v) is 3.62. The lowest BCUT2D eigenvalue weighted by atomic mass is 9.65. The molecule has 0 aliphatic heterocycles. The Bertz CT molecular complexity index is 416. The summed E-state index contributed by atoms with van der Waals surface area (Å²) in [6, 6.07) is 9.78. The highest BCUT2D eigenvalue weighted by Crippen LogP contribution is 2.45. The number of benzene rings is 1. The molecule has 0 bridgehead atoms. The normalized spacial score (nSPS) is 29.8. The molecule has 21 heavy (non-hydrogen) atoms. The Morgan fingerprint density at radius 3 is 2.38 bits per heavy atom. The van der Waals surface area contributed by atoms with E-state index in [1.807, 2.05) is 30.3 Å². The summed E-state index contributed by atoms with van der Waals surface area (Å²) < 4.78 is 10.5. The molecule has 0 heterocycles. The third-order valence-corrected chi connectivity index (χ3v) is 4.60. The summed E-state index contributed by atoms with van der Waals surface area (Å²) >= 11 is 0. The van der Waals surface area contributed by atoms with Crippen molar-refractivity contribution in [2.24, 2.45) is 5.92 Å². The average molecular weight is 294 g/mol. The van der Waals surface area contributed by atoms with E-state index >= 15 is 0 Å². The molecule has 2 N–H and O–H groups in total. The quantitative estimate of drug-likeness (QED) is 0.842. The van der Waals surface area contributed by atoms with E-state index in [9.17, 15) is 10.2 Å². The van der Waals surface area contributed by atoms with Crippen LogP contribution in [0.4, 0.5) is 0 Å². The van der Waals surface area contributed by atoms with Crippen LogP contribution in [0.3, 0.4) is 0 Å². The molecule has 1 aromatic rings. The summed E-state index contributed by atoms with van der Waals surface area (Å²) in [6.45, 7) is 0.834. The third-order valence-electron chi connectivity index (χ3n) is 4.60. The first-order valence-electron chi connectivity index (χ1n) is 7.56. The first-order chi connectivity index (χ1) is 10.1. The van der Waals surface area contributed by atoms with Crippen LogP contribution in [0.25, 0.3) is 0 Å². The van der Waals surface area contributed by atoms with E-state index in [2.05, 4.69) is 0 Å². The van der Waals surface area contributed by atoms with Gasteiger partial charge in [-0.05, 0) is 24.8 Å².